The molecule has 0 aromatic carbocycles. The molecule has 0 saturated heterocycles. The van der Waals surface area contributed by atoms with E-state index in [0.29, 0.717) is 0 Å². The Morgan fingerprint density at radius 3 is 0.923 bits per heavy atom. The minimum atomic E-state index is -5.39. The molecule has 0 aromatic rings. The fraction of sp³-hybridized carbons (Fsp3) is 0. The maximum Gasteiger partial charge on any atom is 3.00 e. The molecule has 13 heteroatoms. The van der Waals surface area contributed by atoms with Crippen LogP contribution in [0.15, 0.2) is 0 Å². The van der Waals surface area contributed by atoms with Crippen molar-refractivity contribution in [3.8, 4) is 0 Å². The van der Waals surface area contributed by atoms with Crippen LogP contribution in [0.3, 0.4) is 0 Å². The van der Waals surface area contributed by atoms with Gasteiger partial charge in [-0.2, -0.15) is 7.82 Å². The Kier molecular flexibility index (Phi) is 180. The van der Waals surface area contributed by atoms with E-state index in [1.54, 1.807) is 0 Å². The van der Waals surface area contributed by atoms with Crippen LogP contribution in [0.4, 0.5) is 0 Å². The van der Waals surface area contributed by atoms with Crippen molar-refractivity contribution in [3.63, 3.8) is 0 Å². The topological polar surface area (TPSA) is 178 Å². The van der Waals surface area contributed by atoms with Crippen LogP contribution in [0.25, 0.3) is 0 Å². The van der Waals surface area contributed by atoms with Gasteiger partial charge in [0.2, 0.25) is 0 Å². The summed E-state index contributed by atoms with van der Waals surface area (Å²) in [5, 5.41) is 0. The van der Waals surface area contributed by atoms with E-state index in [9.17, 15) is 0 Å². The Morgan fingerprint density at radius 1 is 0.923 bits per heavy atom. The minimum absolute atomic E-state index is 0. The molecule has 0 radical (unpaired) electrons. The summed E-state index contributed by atoms with van der Waals surface area (Å²) in [4.78, 5) is 25.6. The van der Waals surface area contributed by atoms with Crippen LogP contribution >= 0.6 is 7.82 Å². The minimum Gasteiger partial charge on any atom is -1.00 e. The molecule has 0 bridgehead atoms. The fourth-order valence-electron chi connectivity index (χ4n) is 0. The zero-order valence-corrected chi connectivity index (χ0v) is 17.7. The van der Waals surface area contributed by atoms with Gasteiger partial charge in [-0.1, -0.05) is 0 Å². The van der Waals surface area contributed by atoms with Gasteiger partial charge in [-0.25, -0.2) is 0 Å². The third-order valence-corrected chi connectivity index (χ3v) is 0. The average molecular weight is 294 g/mol. The van der Waals surface area contributed by atoms with Gasteiger partial charge in [-0.05, 0) is 0 Å². The molecular weight excluding hydrogens is 290 g/mol. The van der Waals surface area contributed by atoms with E-state index in [-0.39, 0.29) is 171 Å². The van der Waals surface area contributed by atoms with E-state index in [1.807, 2.05) is 0 Å². The van der Waals surface area contributed by atoms with Gasteiger partial charge in [0.05, 0.1) is 0 Å². The summed E-state index contributed by atoms with van der Waals surface area (Å²) in [6, 6.07) is 0. The van der Waals surface area contributed by atoms with E-state index in [0.717, 1.165) is 0 Å². The van der Waals surface area contributed by atoms with Crippen LogP contribution in [0.1, 0.15) is 0 Å². The van der Waals surface area contributed by atoms with Gasteiger partial charge < -0.3 is 40.4 Å². The van der Waals surface area contributed by atoms with Crippen molar-refractivity contribution in [2.24, 2.45) is 0 Å². The first-order valence-corrected chi connectivity index (χ1v) is 2.19. The van der Waals surface area contributed by atoms with Gasteiger partial charge in [-0.15, -0.1) is 0 Å². The maximum absolute atomic E-state index is 8.55. The first-order chi connectivity index (χ1) is 2.00. The monoisotopic (exact) mass is 294 g/mol. The SMILES string of the molecule is O.O=P([O-])([O-])[O-].[Al+3].[F-].[K+].[K+].[Na+].[OH-].[OH-]. The van der Waals surface area contributed by atoms with Crippen LogP contribution in [0.2, 0.25) is 0 Å². The summed E-state index contributed by atoms with van der Waals surface area (Å²) < 4.78 is 8.55. The molecule has 0 rings (SSSR count). The van der Waals surface area contributed by atoms with Gasteiger partial charge in [0.25, 0.3) is 0 Å². The van der Waals surface area contributed by atoms with Gasteiger partial charge in [0, 0.05) is 0 Å². The molecule has 4 N–H and O–H groups in total. The number of halogens is 1. The quantitative estimate of drug-likeness (QED) is 0.316. The van der Waals surface area contributed by atoms with Crippen LogP contribution < -0.4 is 152 Å². The van der Waals surface area contributed by atoms with E-state index in [4.69, 9.17) is 19.2 Å². The standard InChI is InChI=1S/Al.FH.2K.Na.H3O4P.3H2O/c;;;;;1-5(2,3)4;;;/h;1H;;;;(H3,1,2,3,4);3*1H2/q+3;;3*+1;;;;/p-6. The van der Waals surface area contributed by atoms with Crippen LogP contribution in [0.5, 0.6) is 0 Å². The smallest absolute Gasteiger partial charge is 1.00 e. The second kappa shape index (κ2) is 36.0. The van der Waals surface area contributed by atoms with Crippen LogP contribution in [-0.4, -0.2) is 33.8 Å². The number of phosphoric acid groups is 1. The first kappa shape index (κ1) is 65.1. The summed E-state index contributed by atoms with van der Waals surface area (Å²) in [6.07, 6.45) is 0. The molecule has 0 aliphatic carbocycles. The summed E-state index contributed by atoms with van der Waals surface area (Å²) in [5.74, 6) is 0. The zero-order valence-electron chi connectivity index (χ0n) is 7.43. The first-order valence-electron chi connectivity index (χ1n) is 0.730. The largest absolute Gasteiger partial charge is 3.00 e. The maximum atomic E-state index is 8.55. The van der Waals surface area contributed by atoms with Crippen LogP contribution in [0, 0.1) is 0 Å². The number of rotatable bonds is 0. The normalized spacial score (nSPS) is 4.54. The Morgan fingerprint density at radius 2 is 0.923 bits per heavy atom. The van der Waals surface area contributed by atoms with Crippen molar-refractivity contribution in [3.05, 3.63) is 0 Å². The molecular formula is H4AlFK2NaO7P. The number of hydrogen-bond donors (Lipinski definition) is 0. The van der Waals surface area contributed by atoms with Gasteiger partial charge in [-0.3, -0.25) is 0 Å². The van der Waals surface area contributed by atoms with Crippen molar-refractivity contribution in [1.29, 1.82) is 0 Å². The van der Waals surface area contributed by atoms with Crippen molar-refractivity contribution in [2.75, 3.05) is 0 Å². The summed E-state index contributed by atoms with van der Waals surface area (Å²) in [5.41, 5.74) is 0. The Labute approximate surface area is 193 Å². The van der Waals surface area contributed by atoms with Gasteiger partial charge in [0.15, 0.2) is 0 Å². The summed E-state index contributed by atoms with van der Waals surface area (Å²) in [7, 11) is -5.39. The molecule has 0 fully saturated rings. The fourth-order valence-corrected chi connectivity index (χ4v) is 0. The molecule has 0 atom stereocenters. The van der Waals surface area contributed by atoms with Crippen LogP contribution in [-0.2, 0) is 4.57 Å². The molecule has 0 amide bonds. The van der Waals surface area contributed by atoms with E-state index in [1.165, 1.54) is 0 Å². The molecule has 64 valence electrons. The molecule has 0 aliphatic rings. The van der Waals surface area contributed by atoms with Crippen molar-refractivity contribution in [2.45, 2.75) is 0 Å². The van der Waals surface area contributed by atoms with E-state index >= 15 is 0 Å². The van der Waals surface area contributed by atoms with Crippen molar-refractivity contribution < 1.29 is 173 Å². The van der Waals surface area contributed by atoms with E-state index in [2.05, 4.69) is 0 Å². The zero-order chi connectivity index (χ0) is 4.50. The molecule has 0 saturated carbocycles. The molecule has 13 heavy (non-hydrogen) atoms. The summed E-state index contributed by atoms with van der Waals surface area (Å²) in [6.45, 7) is 0. The average Bonchev–Trinajstić information content (AvgIpc) is 0.722. The Hall–Kier alpha value is 4.73. The third-order valence-electron chi connectivity index (χ3n) is 0. The summed E-state index contributed by atoms with van der Waals surface area (Å²) >= 11 is 0. The van der Waals surface area contributed by atoms with Crippen molar-refractivity contribution in [1.82, 2.24) is 0 Å². The van der Waals surface area contributed by atoms with Gasteiger partial charge >= 0.3 is 150 Å². The second-order valence-electron chi connectivity index (χ2n) is 0.447. The number of hydrogen-bond acceptors (Lipinski definition) is 6. The molecule has 0 aliphatic heterocycles. The van der Waals surface area contributed by atoms with E-state index < -0.39 is 7.82 Å². The molecule has 0 spiro atoms. The Balaban J connectivity index is -0.00000000286. The molecule has 7 nitrogen and oxygen atoms in total. The van der Waals surface area contributed by atoms with Gasteiger partial charge in [0.1, 0.15) is 0 Å². The third kappa shape index (κ3) is 162. The Bertz CT molecular complexity index is 72.6. The molecule has 0 unspecified atom stereocenters. The predicted molar refractivity (Wildman–Crippen MR) is 20.8 cm³/mol. The van der Waals surface area contributed by atoms with Crippen molar-refractivity contribution >= 4 is 25.2 Å². The molecule has 0 heterocycles. The molecule has 0 aromatic heterocycles. The second-order valence-corrected chi connectivity index (χ2v) is 1.34. The predicted octanol–water partition coefficient (Wildman–Crippen LogP) is -16.4.